The van der Waals surface area contributed by atoms with Crippen LogP contribution in [0.15, 0.2) is 10.9 Å². The molecule has 0 aliphatic carbocycles. The van der Waals surface area contributed by atoms with Crippen LogP contribution in [0.1, 0.15) is 38.8 Å². The van der Waals surface area contributed by atoms with Gasteiger partial charge in [0.2, 0.25) is 10.1 Å². The summed E-state index contributed by atoms with van der Waals surface area (Å²) in [7, 11) is 0. The zero-order valence-electron chi connectivity index (χ0n) is 13.1. The van der Waals surface area contributed by atoms with E-state index in [2.05, 4.69) is 21.9 Å². The second-order valence-corrected chi connectivity index (χ2v) is 8.05. The van der Waals surface area contributed by atoms with Gasteiger partial charge in [0.15, 0.2) is 0 Å². The number of aryl methyl sites for hydroxylation is 1. The number of nitrogens with zero attached hydrogens (tertiary/aromatic N) is 4. The largest absolute Gasteiger partial charge is 0.346 e. The summed E-state index contributed by atoms with van der Waals surface area (Å²) in [6, 6.07) is 1.59. The molecule has 2 aromatic heterocycles. The van der Waals surface area contributed by atoms with Crippen LogP contribution >= 0.6 is 23.1 Å². The molecule has 1 unspecified atom stereocenters. The maximum atomic E-state index is 12.1. The van der Waals surface area contributed by atoms with E-state index in [1.54, 1.807) is 6.07 Å². The van der Waals surface area contributed by atoms with Gasteiger partial charge in [-0.15, -0.1) is 5.10 Å². The van der Waals surface area contributed by atoms with Crippen LogP contribution in [0, 0.1) is 0 Å². The van der Waals surface area contributed by atoms with E-state index in [-0.39, 0.29) is 5.56 Å². The molecule has 0 amide bonds. The van der Waals surface area contributed by atoms with Gasteiger partial charge in [0, 0.05) is 30.1 Å². The lowest BCUT2D eigenvalue weighted by Crippen LogP contribution is -2.30. The molecule has 0 saturated carbocycles. The molecule has 0 bridgehead atoms. The Morgan fingerprint density at radius 3 is 3.05 bits per heavy atom. The van der Waals surface area contributed by atoms with Gasteiger partial charge in [-0.1, -0.05) is 31.6 Å². The Hall–Kier alpha value is -1.08. The molecule has 2 aromatic rings. The fraction of sp³-hybridized carbons (Fsp3) is 0.667. The molecule has 0 radical (unpaired) electrons. The Morgan fingerprint density at radius 2 is 2.27 bits per heavy atom. The van der Waals surface area contributed by atoms with Crippen molar-refractivity contribution in [1.29, 1.82) is 0 Å². The molecule has 1 saturated heterocycles. The first-order valence-electron chi connectivity index (χ1n) is 7.97. The fourth-order valence-corrected chi connectivity index (χ4v) is 4.85. The zero-order valence-corrected chi connectivity index (χ0v) is 14.8. The molecule has 5 nitrogen and oxygen atoms in total. The summed E-state index contributed by atoms with van der Waals surface area (Å²) in [5.74, 6) is 1.15. The van der Waals surface area contributed by atoms with Crippen LogP contribution in [0.2, 0.25) is 0 Å². The van der Waals surface area contributed by atoms with Crippen LogP contribution < -0.4 is 10.5 Å². The third-order valence-electron chi connectivity index (χ3n) is 3.95. The highest BCUT2D eigenvalue weighted by molar-refractivity contribution is 7.99. The van der Waals surface area contributed by atoms with Crippen molar-refractivity contribution < 1.29 is 0 Å². The number of thioether (sulfide) groups is 1. The molecule has 22 heavy (non-hydrogen) atoms. The van der Waals surface area contributed by atoms with Gasteiger partial charge in [0.25, 0.3) is 5.56 Å². The van der Waals surface area contributed by atoms with E-state index in [4.69, 9.17) is 0 Å². The van der Waals surface area contributed by atoms with Crippen LogP contribution in [0.25, 0.3) is 4.96 Å². The SMILES string of the molecule is CCSC1CCCCN(c2nn3c(=O)cc(CC)nc3s2)C1. The lowest BCUT2D eigenvalue weighted by Gasteiger charge is -2.22. The van der Waals surface area contributed by atoms with Gasteiger partial charge in [-0.3, -0.25) is 4.79 Å². The highest BCUT2D eigenvalue weighted by Gasteiger charge is 2.21. The standard InChI is InChI=1S/C15H22N4OS2/c1-3-11-9-13(20)19-14(16-11)22-15(17-19)18-8-6-5-7-12(10-18)21-4-2/h9,12H,3-8,10H2,1-2H3. The van der Waals surface area contributed by atoms with Crippen molar-refractivity contribution in [2.75, 3.05) is 23.7 Å². The summed E-state index contributed by atoms with van der Waals surface area (Å²) in [4.78, 5) is 19.7. The van der Waals surface area contributed by atoms with Crippen LogP contribution in [0.5, 0.6) is 0 Å². The summed E-state index contributed by atoms with van der Waals surface area (Å²) < 4.78 is 1.45. The molecule has 1 atom stereocenters. The van der Waals surface area contributed by atoms with Crippen LogP contribution in [-0.2, 0) is 6.42 Å². The van der Waals surface area contributed by atoms with E-state index >= 15 is 0 Å². The number of rotatable bonds is 4. The molecule has 120 valence electrons. The van der Waals surface area contributed by atoms with Crippen LogP contribution in [0.4, 0.5) is 5.13 Å². The molecule has 1 aliphatic heterocycles. The quantitative estimate of drug-likeness (QED) is 0.858. The molecule has 0 spiro atoms. The number of anilines is 1. The summed E-state index contributed by atoms with van der Waals surface area (Å²) in [5.41, 5.74) is 0.772. The fourth-order valence-electron chi connectivity index (χ4n) is 2.80. The minimum absolute atomic E-state index is 0.0707. The monoisotopic (exact) mass is 338 g/mol. The minimum Gasteiger partial charge on any atom is -0.346 e. The maximum Gasteiger partial charge on any atom is 0.275 e. The third-order valence-corrected chi connectivity index (χ3v) is 6.11. The molecular weight excluding hydrogens is 316 g/mol. The highest BCUT2D eigenvalue weighted by atomic mass is 32.2. The van der Waals surface area contributed by atoms with Gasteiger partial charge in [0.05, 0.1) is 0 Å². The minimum atomic E-state index is -0.0707. The number of fused-ring (bicyclic) bond motifs is 1. The van der Waals surface area contributed by atoms with Crippen LogP contribution in [-0.4, -0.2) is 38.7 Å². The molecule has 7 heteroatoms. The summed E-state index contributed by atoms with van der Waals surface area (Å²) in [6.07, 6.45) is 4.52. The molecule has 0 N–H and O–H groups in total. The molecule has 0 aromatic carbocycles. The first-order valence-corrected chi connectivity index (χ1v) is 9.84. The lowest BCUT2D eigenvalue weighted by atomic mass is 10.2. The van der Waals surface area contributed by atoms with Crippen molar-refractivity contribution in [3.63, 3.8) is 0 Å². The number of hydrogen-bond donors (Lipinski definition) is 0. The van der Waals surface area contributed by atoms with E-state index in [1.165, 1.54) is 35.1 Å². The van der Waals surface area contributed by atoms with E-state index < -0.39 is 0 Å². The summed E-state index contributed by atoms with van der Waals surface area (Å²) in [6.45, 7) is 6.28. The normalized spacial score (nSPS) is 19.5. The topological polar surface area (TPSA) is 50.5 Å². The average molecular weight is 339 g/mol. The van der Waals surface area contributed by atoms with E-state index in [1.807, 2.05) is 18.7 Å². The maximum absolute atomic E-state index is 12.1. The second kappa shape index (κ2) is 7.00. The Bertz CT molecular complexity index is 696. The van der Waals surface area contributed by atoms with Crippen molar-refractivity contribution in [1.82, 2.24) is 14.6 Å². The smallest absolute Gasteiger partial charge is 0.275 e. The van der Waals surface area contributed by atoms with E-state index in [0.29, 0.717) is 10.2 Å². The number of aromatic nitrogens is 3. The van der Waals surface area contributed by atoms with E-state index in [9.17, 15) is 4.79 Å². The Kier molecular flexibility index (Phi) is 5.03. The second-order valence-electron chi connectivity index (χ2n) is 5.54. The van der Waals surface area contributed by atoms with Crippen molar-refractivity contribution in [3.8, 4) is 0 Å². The Balaban J connectivity index is 1.91. The van der Waals surface area contributed by atoms with Gasteiger partial charge in [0.1, 0.15) is 0 Å². The molecule has 1 fully saturated rings. The first kappa shape index (κ1) is 15.8. The first-order chi connectivity index (χ1) is 10.7. The van der Waals surface area contributed by atoms with Crippen molar-refractivity contribution in [2.24, 2.45) is 0 Å². The Morgan fingerprint density at radius 1 is 1.41 bits per heavy atom. The molecule has 1 aliphatic rings. The predicted molar refractivity (Wildman–Crippen MR) is 94.5 cm³/mol. The van der Waals surface area contributed by atoms with Gasteiger partial charge >= 0.3 is 0 Å². The number of hydrogen-bond acceptors (Lipinski definition) is 6. The van der Waals surface area contributed by atoms with Crippen molar-refractivity contribution in [3.05, 3.63) is 22.1 Å². The lowest BCUT2D eigenvalue weighted by molar-refractivity contribution is 0.735. The highest BCUT2D eigenvalue weighted by Crippen LogP contribution is 2.28. The predicted octanol–water partition coefficient (Wildman–Crippen LogP) is 2.83. The average Bonchev–Trinajstić information content (AvgIpc) is 2.81. The van der Waals surface area contributed by atoms with Crippen molar-refractivity contribution >= 4 is 33.2 Å². The van der Waals surface area contributed by atoms with E-state index in [0.717, 1.165) is 36.1 Å². The summed E-state index contributed by atoms with van der Waals surface area (Å²) in [5, 5.41) is 6.12. The van der Waals surface area contributed by atoms with Crippen LogP contribution in [0.3, 0.4) is 0 Å². The Labute approximate surface area is 138 Å². The van der Waals surface area contributed by atoms with Gasteiger partial charge in [-0.25, -0.2) is 4.98 Å². The van der Waals surface area contributed by atoms with Crippen molar-refractivity contribution in [2.45, 2.75) is 44.8 Å². The zero-order chi connectivity index (χ0) is 15.5. The summed E-state index contributed by atoms with van der Waals surface area (Å²) >= 11 is 3.57. The van der Waals surface area contributed by atoms with Gasteiger partial charge in [-0.05, 0) is 25.0 Å². The van der Waals surface area contributed by atoms with Gasteiger partial charge in [-0.2, -0.15) is 16.3 Å². The van der Waals surface area contributed by atoms with Gasteiger partial charge < -0.3 is 4.90 Å². The molecular formula is C15H22N4OS2. The molecule has 3 heterocycles. The molecule has 3 rings (SSSR count). The third kappa shape index (κ3) is 3.30.